The van der Waals surface area contributed by atoms with Gasteiger partial charge in [0.1, 0.15) is 5.01 Å². The predicted molar refractivity (Wildman–Crippen MR) is 59.1 cm³/mol. The zero-order chi connectivity index (χ0) is 11.6. The van der Waals surface area contributed by atoms with E-state index in [1.54, 1.807) is 4.52 Å². The second-order valence-corrected chi connectivity index (χ2v) is 5.74. The largest absolute Gasteiger partial charge is 0.481 e. The molecule has 0 spiro atoms. The maximum absolute atomic E-state index is 10.8. The molecule has 0 aliphatic heterocycles. The van der Waals surface area contributed by atoms with Crippen LogP contribution in [0, 0.1) is 5.92 Å². The fraction of sp³-hybridized carbons (Fsp3) is 0.600. The molecule has 0 aromatic carbocycles. The highest BCUT2D eigenvalue weighted by Gasteiger charge is 2.47. The van der Waals surface area contributed by atoms with Crippen molar-refractivity contribution in [2.45, 2.75) is 31.1 Å². The van der Waals surface area contributed by atoms with Crippen LogP contribution in [0.15, 0.2) is 0 Å². The summed E-state index contributed by atoms with van der Waals surface area (Å²) in [5, 5.41) is 22.5. The molecule has 1 N–H and O–H groups in total. The molecule has 7 heteroatoms. The highest BCUT2D eigenvalue weighted by Crippen LogP contribution is 2.49. The second kappa shape index (κ2) is 3.04. The Balaban J connectivity index is 1.71. The van der Waals surface area contributed by atoms with E-state index in [1.807, 2.05) is 0 Å². The molecule has 0 amide bonds. The Morgan fingerprint density at radius 2 is 2.24 bits per heavy atom. The van der Waals surface area contributed by atoms with E-state index in [-0.39, 0.29) is 11.8 Å². The molecule has 88 valence electrons. The summed E-state index contributed by atoms with van der Waals surface area (Å²) in [5.41, 5.74) is 0. The van der Waals surface area contributed by atoms with Crippen molar-refractivity contribution >= 4 is 22.3 Å². The molecule has 0 radical (unpaired) electrons. The van der Waals surface area contributed by atoms with Crippen LogP contribution in [0.3, 0.4) is 0 Å². The third-order valence-corrected chi connectivity index (χ3v) is 4.43. The van der Waals surface area contributed by atoms with Crippen LogP contribution in [0.2, 0.25) is 0 Å². The quantitative estimate of drug-likeness (QED) is 0.886. The Morgan fingerprint density at radius 1 is 1.41 bits per heavy atom. The van der Waals surface area contributed by atoms with Gasteiger partial charge in [0.15, 0.2) is 5.82 Å². The van der Waals surface area contributed by atoms with Crippen molar-refractivity contribution in [3.8, 4) is 0 Å². The first-order valence-electron chi connectivity index (χ1n) is 5.69. The van der Waals surface area contributed by atoms with Gasteiger partial charge in [-0.05, 0) is 19.3 Å². The van der Waals surface area contributed by atoms with Crippen LogP contribution in [0.4, 0.5) is 0 Å². The molecule has 4 rings (SSSR count). The summed E-state index contributed by atoms with van der Waals surface area (Å²) in [6.45, 7) is 0. The minimum atomic E-state index is -0.719. The molecule has 2 aliphatic carbocycles. The van der Waals surface area contributed by atoms with Crippen molar-refractivity contribution in [2.24, 2.45) is 5.92 Å². The first-order valence-corrected chi connectivity index (χ1v) is 6.50. The minimum absolute atomic E-state index is 0.0891. The molecule has 0 saturated heterocycles. The first-order chi connectivity index (χ1) is 8.24. The van der Waals surface area contributed by atoms with Gasteiger partial charge in [0, 0.05) is 11.8 Å². The molecule has 2 aromatic heterocycles. The summed E-state index contributed by atoms with van der Waals surface area (Å²) in [4.78, 5) is 11.6. The van der Waals surface area contributed by atoms with Gasteiger partial charge < -0.3 is 5.11 Å². The van der Waals surface area contributed by atoms with Crippen molar-refractivity contribution in [1.82, 2.24) is 19.8 Å². The van der Waals surface area contributed by atoms with E-state index in [0.717, 1.165) is 28.6 Å². The third kappa shape index (κ3) is 1.38. The maximum Gasteiger partial charge on any atom is 0.307 e. The van der Waals surface area contributed by atoms with Crippen LogP contribution in [-0.4, -0.2) is 30.9 Å². The lowest BCUT2D eigenvalue weighted by Crippen LogP contribution is -1.99. The van der Waals surface area contributed by atoms with Crippen LogP contribution >= 0.6 is 11.3 Å². The van der Waals surface area contributed by atoms with Crippen LogP contribution in [0.25, 0.3) is 4.96 Å². The van der Waals surface area contributed by atoms with E-state index in [0.29, 0.717) is 12.3 Å². The monoisotopic (exact) mass is 250 g/mol. The van der Waals surface area contributed by atoms with Crippen molar-refractivity contribution in [3.63, 3.8) is 0 Å². The Kier molecular flexibility index (Phi) is 1.70. The zero-order valence-electron chi connectivity index (χ0n) is 8.91. The van der Waals surface area contributed by atoms with E-state index < -0.39 is 5.97 Å². The molecular formula is C10H10N4O2S. The van der Waals surface area contributed by atoms with Gasteiger partial charge in [-0.3, -0.25) is 4.79 Å². The summed E-state index contributed by atoms with van der Waals surface area (Å²) >= 11 is 1.47. The van der Waals surface area contributed by atoms with Crippen molar-refractivity contribution in [1.29, 1.82) is 0 Å². The summed E-state index contributed by atoms with van der Waals surface area (Å²) in [7, 11) is 0. The summed E-state index contributed by atoms with van der Waals surface area (Å²) in [6.07, 6.45) is 3.03. The van der Waals surface area contributed by atoms with E-state index in [2.05, 4.69) is 15.3 Å². The van der Waals surface area contributed by atoms with Crippen LogP contribution < -0.4 is 0 Å². The number of fused-ring (bicyclic) bond motifs is 1. The average molecular weight is 250 g/mol. The topological polar surface area (TPSA) is 80.4 Å². The predicted octanol–water partition coefficient (Wildman–Crippen LogP) is 1.25. The molecule has 2 aliphatic rings. The van der Waals surface area contributed by atoms with Crippen LogP contribution in [0.1, 0.15) is 41.9 Å². The number of nitrogens with zero attached hydrogens (tertiary/aromatic N) is 4. The number of carboxylic acids is 1. The number of rotatable bonds is 3. The summed E-state index contributed by atoms with van der Waals surface area (Å²) in [6, 6.07) is 0. The standard InChI is InChI=1S/C10H10N4O2S/c15-9(16)6-3-5(6)8-13-14-7(4-1-2-4)11-12-10(14)17-8/h4-6H,1-3H2,(H,15,16). The summed E-state index contributed by atoms with van der Waals surface area (Å²) in [5.74, 6) is 0.572. The highest BCUT2D eigenvalue weighted by molar-refractivity contribution is 7.16. The van der Waals surface area contributed by atoms with Gasteiger partial charge in [0.2, 0.25) is 4.96 Å². The maximum atomic E-state index is 10.8. The molecule has 2 heterocycles. The Bertz CT molecular complexity index is 615. The van der Waals surface area contributed by atoms with E-state index in [4.69, 9.17) is 5.11 Å². The number of carboxylic acid groups (broad SMARTS) is 1. The lowest BCUT2D eigenvalue weighted by Gasteiger charge is -1.91. The Morgan fingerprint density at radius 3 is 2.88 bits per heavy atom. The Labute approximate surface area is 100 Å². The number of hydrogen-bond acceptors (Lipinski definition) is 5. The second-order valence-electron chi connectivity index (χ2n) is 4.75. The zero-order valence-corrected chi connectivity index (χ0v) is 9.72. The molecule has 2 aromatic rings. The molecule has 17 heavy (non-hydrogen) atoms. The van der Waals surface area contributed by atoms with E-state index >= 15 is 0 Å². The van der Waals surface area contributed by atoms with E-state index in [9.17, 15) is 4.79 Å². The SMILES string of the molecule is O=C(O)C1CC1c1nn2c(C3CC3)nnc2s1. The molecule has 2 fully saturated rings. The molecular weight excluding hydrogens is 240 g/mol. The van der Waals surface area contributed by atoms with Crippen molar-refractivity contribution < 1.29 is 9.90 Å². The van der Waals surface area contributed by atoms with Gasteiger partial charge in [-0.2, -0.15) is 9.61 Å². The minimum Gasteiger partial charge on any atom is -0.481 e. The van der Waals surface area contributed by atoms with Crippen molar-refractivity contribution in [2.75, 3.05) is 0 Å². The smallest absolute Gasteiger partial charge is 0.307 e. The fourth-order valence-corrected chi connectivity index (χ4v) is 3.16. The van der Waals surface area contributed by atoms with Gasteiger partial charge in [-0.15, -0.1) is 10.2 Å². The molecule has 2 saturated carbocycles. The molecule has 0 bridgehead atoms. The fourth-order valence-electron chi connectivity index (χ4n) is 2.13. The molecule has 2 atom stereocenters. The molecule has 6 nitrogen and oxygen atoms in total. The van der Waals surface area contributed by atoms with Gasteiger partial charge in [-0.1, -0.05) is 11.3 Å². The van der Waals surface area contributed by atoms with Crippen molar-refractivity contribution in [3.05, 3.63) is 10.8 Å². The van der Waals surface area contributed by atoms with E-state index in [1.165, 1.54) is 11.3 Å². The first kappa shape index (κ1) is 9.52. The van der Waals surface area contributed by atoms with Gasteiger partial charge in [-0.25, -0.2) is 0 Å². The van der Waals surface area contributed by atoms with Gasteiger partial charge in [0.25, 0.3) is 0 Å². The average Bonchev–Trinajstić information content (AvgIpc) is 3.17. The number of hydrogen-bond donors (Lipinski definition) is 1. The lowest BCUT2D eigenvalue weighted by atomic mass is 10.3. The molecule has 2 unspecified atom stereocenters. The number of carbonyl (C=O) groups is 1. The van der Waals surface area contributed by atoms with Crippen LogP contribution in [0.5, 0.6) is 0 Å². The third-order valence-electron chi connectivity index (χ3n) is 3.40. The van der Waals surface area contributed by atoms with Crippen LogP contribution in [-0.2, 0) is 4.79 Å². The Hall–Kier alpha value is -1.50. The highest BCUT2D eigenvalue weighted by atomic mass is 32.1. The normalized spacial score (nSPS) is 27.5. The number of aromatic nitrogens is 4. The van der Waals surface area contributed by atoms with Gasteiger partial charge in [0.05, 0.1) is 5.92 Å². The van der Waals surface area contributed by atoms with Gasteiger partial charge >= 0.3 is 5.97 Å². The summed E-state index contributed by atoms with van der Waals surface area (Å²) < 4.78 is 1.80. The number of aliphatic carboxylic acids is 1. The lowest BCUT2D eigenvalue weighted by molar-refractivity contribution is -0.138.